The Kier molecular flexibility index (Phi) is 6.34. The van der Waals surface area contributed by atoms with Crippen LogP contribution in [0.5, 0.6) is 5.75 Å². The zero-order valence-electron chi connectivity index (χ0n) is 12.9. The van der Waals surface area contributed by atoms with E-state index in [1.807, 2.05) is 25.1 Å². The molecule has 0 fully saturated rings. The maximum absolute atomic E-state index is 5.89. The molecule has 1 aliphatic rings. The Labute approximate surface area is 126 Å². The average Bonchev–Trinajstić information content (AvgIpc) is 2.92. The Hall–Kier alpha value is -1.75. The zero-order valence-corrected chi connectivity index (χ0v) is 12.9. The van der Waals surface area contributed by atoms with E-state index in [-0.39, 0.29) is 6.10 Å². The quantitative estimate of drug-likeness (QED) is 0.455. The fourth-order valence-electron chi connectivity index (χ4n) is 2.28. The van der Waals surface area contributed by atoms with Gasteiger partial charge in [0.25, 0.3) is 0 Å². The molecule has 0 radical (unpaired) electrons. The number of benzene rings is 1. The predicted octanol–water partition coefficient (Wildman–Crippen LogP) is 1.58. The van der Waals surface area contributed by atoms with Gasteiger partial charge in [0.15, 0.2) is 5.96 Å². The van der Waals surface area contributed by atoms with Crippen LogP contribution in [0.25, 0.3) is 0 Å². The molecular weight excluding hydrogens is 266 g/mol. The highest BCUT2D eigenvalue weighted by Gasteiger charge is 2.21. The number of nitrogens with zero attached hydrogens (tertiary/aromatic N) is 1. The van der Waals surface area contributed by atoms with Crippen molar-refractivity contribution < 1.29 is 9.47 Å². The fourth-order valence-corrected chi connectivity index (χ4v) is 2.28. The van der Waals surface area contributed by atoms with E-state index in [1.54, 1.807) is 0 Å². The van der Waals surface area contributed by atoms with E-state index in [4.69, 9.17) is 9.47 Å². The number of fused-ring (bicyclic) bond motifs is 1. The van der Waals surface area contributed by atoms with Gasteiger partial charge in [0.1, 0.15) is 11.9 Å². The second-order valence-electron chi connectivity index (χ2n) is 4.90. The summed E-state index contributed by atoms with van der Waals surface area (Å²) in [6.45, 7) is 7.72. The van der Waals surface area contributed by atoms with Gasteiger partial charge in [0.2, 0.25) is 0 Å². The second kappa shape index (κ2) is 8.52. The molecule has 1 atom stereocenters. The van der Waals surface area contributed by atoms with Crippen LogP contribution in [0.4, 0.5) is 0 Å². The van der Waals surface area contributed by atoms with Crippen molar-refractivity contribution in [2.24, 2.45) is 4.99 Å². The maximum atomic E-state index is 5.89. The Bertz CT molecular complexity index is 438. The molecule has 1 aromatic carbocycles. The van der Waals surface area contributed by atoms with Crippen molar-refractivity contribution in [3.8, 4) is 5.75 Å². The van der Waals surface area contributed by atoms with Crippen molar-refractivity contribution in [3.05, 3.63) is 29.8 Å². The van der Waals surface area contributed by atoms with Gasteiger partial charge in [-0.1, -0.05) is 18.2 Å². The minimum atomic E-state index is 0.129. The molecule has 1 heterocycles. The molecule has 0 amide bonds. The van der Waals surface area contributed by atoms with Crippen molar-refractivity contribution in [1.29, 1.82) is 0 Å². The summed E-state index contributed by atoms with van der Waals surface area (Å²) in [6, 6.07) is 8.19. The van der Waals surface area contributed by atoms with Crippen LogP contribution in [0, 0.1) is 0 Å². The summed E-state index contributed by atoms with van der Waals surface area (Å²) >= 11 is 0. The molecule has 1 unspecified atom stereocenters. The molecule has 0 aromatic heterocycles. The number of para-hydroxylation sites is 1. The van der Waals surface area contributed by atoms with Crippen LogP contribution in [0.2, 0.25) is 0 Å². The molecule has 2 rings (SSSR count). The lowest BCUT2D eigenvalue weighted by molar-refractivity contribution is 0.152. The van der Waals surface area contributed by atoms with Gasteiger partial charge in [0, 0.05) is 26.1 Å². The van der Waals surface area contributed by atoms with Crippen LogP contribution >= 0.6 is 0 Å². The largest absolute Gasteiger partial charge is 0.488 e. The third-order valence-corrected chi connectivity index (χ3v) is 3.25. The topological polar surface area (TPSA) is 54.9 Å². The molecule has 1 aromatic rings. The highest BCUT2D eigenvalue weighted by atomic mass is 16.5. The van der Waals surface area contributed by atoms with Gasteiger partial charge < -0.3 is 20.1 Å². The number of hydrogen-bond donors (Lipinski definition) is 2. The van der Waals surface area contributed by atoms with Gasteiger partial charge in [-0.05, 0) is 25.5 Å². The Morgan fingerprint density at radius 2 is 2.19 bits per heavy atom. The third kappa shape index (κ3) is 4.93. The molecule has 0 bridgehead atoms. The standard InChI is InChI=1S/C16H25N3O2/c1-3-17-16(18-9-10-20-4-2)19-12-14-11-13-7-5-6-8-15(13)21-14/h5-8,14H,3-4,9-12H2,1-2H3,(H2,17,18,19). The van der Waals surface area contributed by atoms with Crippen LogP contribution in [0.3, 0.4) is 0 Å². The van der Waals surface area contributed by atoms with Crippen molar-refractivity contribution in [1.82, 2.24) is 10.6 Å². The minimum absolute atomic E-state index is 0.129. The predicted molar refractivity (Wildman–Crippen MR) is 85.0 cm³/mol. The Morgan fingerprint density at radius 1 is 1.33 bits per heavy atom. The van der Waals surface area contributed by atoms with Crippen molar-refractivity contribution in [3.63, 3.8) is 0 Å². The number of hydrogen-bond acceptors (Lipinski definition) is 3. The summed E-state index contributed by atoms with van der Waals surface area (Å²) in [5.74, 6) is 1.81. The molecule has 0 spiro atoms. The number of nitrogens with one attached hydrogen (secondary N) is 2. The van der Waals surface area contributed by atoms with E-state index in [1.165, 1.54) is 5.56 Å². The minimum Gasteiger partial charge on any atom is -0.488 e. The number of aliphatic imine (C=N–C) groups is 1. The van der Waals surface area contributed by atoms with Crippen molar-refractivity contribution in [2.45, 2.75) is 26.4 Å². The van der Waals surface area contributed by atoms with E-state index >= 15 is 0 Å². The van der Waals surface area contributed by atoms with Gasteiger partial charge in [-0.15, -0.1) is 0 Å². The number of guanidine groups is 1. The summed E-state index contributed by atoms with van der Waals surface area (Å²) in [7, 11) is 0. The molecule has 1 aliphatic heterocycles. The third-order valence-electron chi connectivity index (χ3n) is 3.25. The summed E-state index contributed by atoms with van der Waals surface area (Å²) in [5, 5.41) is 6.49. The first-order valence-electron chi connectivity index (χ1n) is 7.68. The van der Waals surface area contributed by atoms with Crippen LogP contribution in [-0.4, -0.2) is 44.9 Å². The zero-order chi connectivity index (χ0) is 14.9. The first-order valence-corrected chi connectivity index (χ1v) is 7.68. The SMILES string of the molecule is CCNC(=NCC1Cc2ccccc2O1)NCCOCC. The van der Waals surface area contributed by atoms with Crippen LogP contribution in [-0.2, 0) is 11.2 Å². The summed E-state index contributed by atoms with van der Waals surface area (Å²) in [6.07, 6.45) is 1.06. The molecule has 0 saturated heterocycles. The van der Waals surface area contributed by atoms with Gasteiger partial charge in [-0.3, -0.25) is 0 Å². The average molecular weight is 291 g/mol. The lowest BCUT2D eigenvalue weighted by atomic mass is 10.1. The molecule has 0 saturated carbocycles. The first kappa shape index (κ1) is 15.6. The normalized spacial score (nSPS) is 17.2. The van der Waals surface area contributed by atoms with Gasteiger partial charge in [-0.25, -0.2) is 4.99 Å². The van der Waals surface area contributed by atoms with Gasteiger partial charge in [0.05, 0.1) is 13.2 Å². The van der Waals surface area contributed by atoms with Crippen LogP contribution < -0.4 is 15.4 Å². The molecule has 5 heteroatoms. The molecule has 0 aliphatic carbocycles. The van der Waals surface area contributed by atoms with Crippen LogP contribution in [0.1, 0.15) is 19.4 Å². The fraction of sp³-hybridized carbons (Fsp3) is 0.562. The Morgan fingerprint density at radius 3 is 2.95 bits per heavy atom. The maximum Gasteiger partial charge on any atom is 0.191 e. The highest BCUT2D eigenvalue weighted by Crippen LogP contribution is 2.28. The van der Waals surface area contributed by atoms with E-state index in [9.17, 15) is 0 Å². The van der Waals surface area contributed by atoms with E-state index in [2.05, 4.69) is 28.6 Å². The lowest BCUT2D eigenvalue weighted by Gasteiger charge is -2.13. The molecule has 2 N–H and O–H groups in total. The summed E-state index contributed by atoms with van der Waals surface area (Å²) in [5.41, 5.74) is 1.27. The smallest absolute Gasteiger partial charge is 0.191 e. The van der Waals surface area contributed by atoms with Crippen molar-refractivity contribution in [2.75, 3.05) is 32.8 Å². The monoisotopic (exact) mass is 291 g/mol. The Balaban J connectivity index is 1.80. The van der Waals surface area contributed by atoms with Gasteiger partial charge >= 0.3 is 0 Å². The second-order valence-corrected chi connectivity index (χ2v) is 4.90. The van der Waals surface area contributed by atoms with Crippen LogP contribution in [0.15, 0.2) is 29.3 Å². The summed E-state index contributed by atoms with van der Waals surface area (Å²) < 4.78 is 11.2. The highest BCUT2D eigenvalue weighted by molar-refractivity contribution is 5.79. The van der Waals surface area contributed by atoms with Crippen molar-refractivity contribution >= 4 is 5.96 Å². The lowest BCUT2D eigenvalue weighted by Crippen LogP contribution is -2.39. The summed E-state index contributed by atoms with van der Waals surface area (Å²) in [4.78, 5) is 4.59. The van der Waals surface area contributed by atoms with E-state index in [0.717, 1.165) is 37.8 Å². The number of ether oxygens (including phenoxy) is 2. The van der Waals surface area contributed by atoms with E-state index in [0.29, 0.717) is 13.2 Å². The molecular formula is C16H25N3O2. The van der Waals surface area contributed by atoms with Gasteiger partial charge in [-0.2, -0.15) is 0 Å². The number of rotatable bonds is 7. The molecule has 116 valence electrons. The molecule has 21 heavy (non-hydrogen) atoms. The first-order chi connectivity index (χ1) is 10.3. The van der Waals surface area contributed by atoms with E-state index < -0.39 is 0 Å². The molecule has 5 nitrogen and oxygen atoms in total.